The van der Waals surface area contributed by atoms with Gasteiger partial charge in [-0.1, -0.05) is 0 Å². The molecule has 1 heterocycles. The van der Waals surface area contributed by atoms with E-state index in [2.05, 4.69) is 20.7 Å². The minimum atomic E-state index is -0.198. The number of fused-ring (bicyclic) bond motifs is 1. The Morgan fingerprint density at radius 3 is 2.65 bits per heavy atom. The highest BCUT2D eigenvalue weighted by Gasteiger charge is 2.07. The first-order chi connectivity index (χ1) is 11.3. The lowest BCUT2D eigenvalue weighted by molar-refractivity contribution is 0.102. The van der Waals surface area contributed by atoms with Crippen LogP contribution in [-0.2, 0) is 4.74 Å². The molecule has 0 bridgehead atoms. The van der Waals surface area contributed by atoms with Gasteiger partial charge >= 0.3 is 0 Å². The molecule has 0 aliphatic rings. The number of hydrogen-bond acceptors (Lipinski definition) is 5. The fraction of sp³-hybridized carbons (Fsp3) is 0.188. The predicted octanol–water partition coefficient (Wildman–Crippen LogP) is 2.24. The van der Waals surface area contributed by atoms with Crippen LogP contribution in [0.3, 0.4) is 0 Å². The summed E-state index contributed by atoms with van der Waals surface area (Å²) in [6, 6.07) is 12.3. The molecule has 3 rings (SSSR count). The van der Waals surface area contributed by atoms with Gasteiger partial charge in [0.25, 0.3) is 5.91 Å². The molecule has 0 atom stereocenters. The van der Waals surface area contributed by atoms with Crippen molar-refractivity contribution in [2.24, 2.45) is 0 Å². The van der Waals surface area contributed by atoms with Crippen LogP contribution in [0.4, 0.5) is 5.69 Å². The SMILES string of the molecule is COCCOc1ccc(C(=O)Nc2ccc3n[nH]nc3c2)cc1. The molecule has 0 unspecified atom stereocenters. The fourth-order valence-corrected chi connectivity index (χ4v) is 2.07. The van der Waals surface area contributed by atoms with E-state index >= 15 is 0 Å². The van der Waals surface area contributed by atoms with Crippen molar-refractivity contribution in [2.75, 3.05) is 25.6 Å². The van der Waals surface area contributed by atoms with E-state index in [-0.39, 0.29) is 5.91 Å². The van der Waals surface area contributed by atoms with Crippen LogP contribution in [0.15, 0.2) is 42.5 Å². The second kappa shape index (κ2) is 6.89. The summed E-state index contributed by atoms with van der Waals surface area (Å²) in [6.07, 6.45) is 0. The smallest absolute Gasteiger partial charge is 0.255 e. The molecule has 0 saturated carbocycles. The Morgan fingerprint density at radius 1 is 1.09 bits per heavy atom. The zero-order chi connectivity index (χ0) is 16.1. The molecule has 23 heavy (non-hydrogen) atoms. The van der Waals surface area contributed by atoms with Crippen molar-refractivity contribution >= 4 is 22.6 Å². The van der Waals surface area contributed by atoms with E-state index in [9.17, 15) is 4.79 Å². The number of ether oxygens (including phenoxy) is 2. The molecule has 1 amide bonds. The van der Waals surface area contributed by atoms with Gasteiger partial charge in [0, 0.05) is 18.4 Å². The molecule has 3 aromatic rings. The third kappa shape index (κ3) is 3.64. The van der Waals surface area contributed by atoms with Crippen LogP contribution in [-0.4, -0.2) is 41.6 Å². The topological polar surface area (TPSA) is 89.1 Å². The van der Waals surface area contributed by atoms with Crippen molar-refractivity contribution in [1.29, 1.82) is 0 Å². The molecule has 1 aromatic heterocycles. The molecule has 2 N–H and O–H groups in total. The molecule has 0 aliphatic carbocycles. The maximum atomic E-state index is 12.2. The monoisotopic (exact) mass is 312 g/mol. The standard InChI is InChI=1S/C16H16N4O3/c1-22-8-9-23-13-5-2-11(3-6-13)16(21)17-12-4-7-14-15(10-12)19-20-18-14/h2-7,10H,8-9H2,1H3,(H,17,21)(H,18,19,20). The molecule has 7 heteroatoms. The highest BCUT2D eigenvalue weighted by molar-refractivity contribution is 6.04. The summed E-state index contributed by atoms with van der Waals surface area (Å²) in [4.78, 5) is 12.2. The van der Waals surface area contributed by atoms with Crippen LogP contribution >= 0.6 is 0 Å². The van der Waals surface area contributed by atoms with Crippen LogP contribution in [0, 0.1) is 0 Å². The zero-order valence-corrected chi connectivity index (χ0v) is 12.6. The number of nitrogens with one attached hydrogen (secondary N) is 2. The number of rotatable bonds is 6. The van der Waals surface area contributed by atoms with Crippen LogP contribution in [0.1, 0.15) is 10.4 Å². The van der Waals surface area contributed by atoms with E-state index < -0.39 is 0 Å². The van der Waals surface area contributed by atoms with Crippen LogP contribution in [0.2, 0.25) is 0 Å². The molecule has 0 spiro atoms. The van der Waals surface area contributed by atoms with Gasteiger partial charge in [0.1, 0.15) is 23.4 Å². The molecule has 0 saturated heterocycles. The van der Waals surface area contributed by atoms with Gasteiger partial charge in [0.2, 0.25) is 0 Å². The average molecular weight is 312 g/mol. The summed E-state index contributed by atoms with van der Waals surface area (Å²) >= 11 is 0. The average Bonchev–Trinajstić information content (AvgIpc) is 3.03. The number of benzene rings is 2. The van der Waals surface area contributed by atoms with Crippen molar-refractivity contribution in [3.8, 4) is 5.75 Å². The highest BCUT2D eigenvalue weighted by Crippen LogP contribution is 2.17. The number of amides is 1. The quantitative estimate of drug-likeness (QED) is 0.681. The molecular weight excluding hydrogens is 296 g/mol. The first-order valence-electron chi connectivity index (χ1n) is 7.10. The third-order valence-corrected chi connectivity index (χ3v) is 3.25. The van der Waals surface area contributed by atoms with Crippen molar-refractivity contribution in [3.05, 3.63) is 48.0 Å². The summed E-state index contributed by atoms with van der Waals surface area (Å²) in [5, 5.41) is 13.3. The Morgan fingerprint density at radius 2 is 1.87 bits per heavy atom. The van der Waals surface area contributed by atoms with E-state index in [0.717, 1.165) is 5.52 Å². The van der Waals surface area contributed by atoms with Crippen LogP contribution in [0.5, 0.6) is 5.75 Å². The second-order valence-corrected chi connectivity index (χ2v) is 4.85. The lowest BCUT2D eigenvalue weighted by Crippen LogP contribution is -2.11. The Balaban J connectivity index is 1.65. The lowest BCUT2D eigenvalue weighted by Gasteiger charge is -2.07. The fourth-order valence-electron chi connectivity index (χ4n) is 2.07. The van der Waals surface area contributed by atoms with Gasteiger partial charge in [-0.25, -0.2) is 0 Å². The minimum Gasteiger partial charge on any atom is -0.491 e. The molecular formula is C16H16N4O3. The van der Waals surface area contributed by atoms with Crippen molar-refractivity contribution in [1.82, 2.24) is 15.4 Å². The molecule has 0 fully saturated rings. The number of H-pyrrole nitrogens is 1. The highest BCUT2D eigenvalue weighted by atomic mass is 16.5. The van der Waals surface area contributed by atoms with Crippen molar-refractivity contribution in [3.63, 3.8) is 0 Å². The van der Waals surface area contributed by atoms with E-state index in [0.29, 0.717) is 35.7 Å². The maximum absolute atomic E-state index is 12.2. The largest absolute Gasteiger partial charge is 0.491 e. The first kappa shape index (κ1) is 15.0. The summed E-state index contributed by atoms with van der Waals surface area (Å²) in [5.74, 6) is 0.499. The minimum absolute atomic E-state index is 0.198. The van der Waals surface area contributed by atoms with E-state index in [1.807, 2.05) is 0 Å². The number of anilines is 1. The predicted molar refractivity (Wildman–Crippen MR) is 85.7 cm³/mol. The molecule has 2 aromatic carbocycles. The number of methoxy groups -OCH3 is 1. The summed E-state index contributed by atoms with van der Waals surface area (Å²) in [6.45, 7) is 0.993. The first-order valence-corrected chi connectivity index (χ1v) is 7.10. The summed E-state index contributed by atoms with van der Waals surface area (Å²) in [5.41, 5.74) is 2.66. The Labute approximate surface area is 132 Å². The van der Waals surface area contributed by atoms with E-state index in [4.69, 9.17) is 9.47 Å². The van der Waals surface area contributed by atoms with Gasteiger partial charge in [-0.2, -0.15) is 15.4 Å². The van der Waals surface area contributed by atoms with E-state index in [1.165, 1.54) is 0 Å². The van der Waals surface area contributed by atoms with Crippen molar-refractivity contribution in [2.45, 2.75) is 0 Å². The molecule has 118 valence electrons. The Hall–Kier alpha value is -2.93. The number of carbonyl (C=O) groups excluding carboxylic acids is 1. The second-order valence-electron chi connectivity index (χ2n) is 4.85. The number of carbonyl (C=O) groups is 1. The van der Waals surface area contributed by atoms with Gasteiger partial charge in [-0.3, -0.25) is 4.79 Å². The number of aromatic amines is 1. The molecule has 0 radical (unpaired) electrons. The normalized spacial score (nSPS) is 10.7. The van der Waals surface area contributed by atoms with Gasteiger partial charge in [-0.05, 0) is 42.5 Å². The van der Waals surface area contributed by atoms with Gasteiger partial charge in [-0.15, -0.1) is 0 Å². The number of nitrogens with zero attached hydrogens (tertiary/aromatic N) is 2. The zero-order valence-electron chi connectivity index (χ0n) is 12.6. The van der Waals surface area contributed by atoms with Crippen LogP contribution < -0.4 is 10.1 Å². The van der Waals surface area contributed by atoms with Crippen LogP contribution in [0.25, 0.3) is 11.0 Å². The Bertz CT molecular complexity index is 798. The van der Waals surface area contributed by atoms with Gasteiger partial charge < -0.3 is 14.8 Å². The maximum Gasteiger partial charge on any atom is 0.255 e. The summed E-state index contributed by atoms with van der Waals surface area (Å²) < 4.78 is 10.4. The number of aromatic nitrogens is 3. The third-order valence-electron chi connectivity index (χ3n) is 3.25. The Kier molecular flexibility index (Phi) is 4.49. The molecule has 0 aliphatic heterocycles. The lowest BCUT2D eigenvalue weighted by atomic mass is 10.2. The summed E-state index contributed by atoms with van der Waals surface area (Å²) in [7, 11) is 1.62. The number of hydrogen-bond donors (Lipinski definition) is 2. The van der Waals surface area contributed by atoms with Gasteiger partial charge in [0.05, 0.1) is 6.61 Å². The van der Waals surface area contributed by atoms with Crippen molar-refractivity contribution < 1.29 is 14.3 Å². The molecule has 7 nitrogen and oxygen atoms in total. The van der Waals surface area contributed by atoms with Gasteiger partial charge in [0.15, 0.2) is 0 Å². The van der Waals surface area contributed by atoms with E-state index in [1.54, 1.807) is 49.6 Å².